The molecule has 0 atom stereocenters. The van der Waals surface area contributed by atoms with E-state index in [-0.39, 0.29) is 17.9 Å². The molecule has 2 rings (SSSR count). The fourth-order valence-corrected chi connectivity index (χ4v) is 2.11. The zero-order valence-electron chi connectivity index (χ0n) is 11.4. The van der Waals surface area contributed by atoms with Crippen molar-refractivity contribution in [3.05, 3.63) is 74.8 Å². The van der Waals surface area contributed by atoms with E-state index in [2.05, 4.69) is 0 Å². The topological polar surface area (TPSA) is 80.4 Å². The number of hydrogen-bond acceptors (Lipinski definition) is 4. The Labute approximate surface area is 131 Å². The van der Waals surface area contributed by atoms with E-state index in [0.717, 1.165) is 5.56 Å². The molecule has 0 fully saturated rings. The lowest BCUT2D eigenvalue weighted by Crippen LogP contribution is -1.98. The van der Waals surface area contributed by atoms with Crippen molar-refractivity contribution in [1.82, 2.24) is 0 Å². The smallest absolute Gasteiger partial charge is 0.310 e. The summed E-state index contributed by atoms with van der Waals surface area (Å²) in [5, 5.41) is 20.7. The first kappa shape index (κ1) is 15.7. The lowest BCUT2D eigenvalue weighted by Gasteiger charge is -1.99. The van der Waals surface area contributed by atoms with E-state index in [0.29, 0.717) is 10.6 Å². The number of carbonyl (C=O) groups is 1. The van der Waals surface area contributed by atoms with E-state index in [1.807, 2.05) is 0 Å². The van der Waals surface area contributed by atoms with Crippen LogP contribution in [0.15, 0.2) is 48.5 Å². The predicted octanol–water partition coefficient (Wildman–Crippen LogP) is 3.78. The number of halogens is 1. The van der Waals surface area contributed by atoms with Crippen LogP contribution in [0, 0.1) is 10.1 Å². The van der Waals surface area contributed by atoms with Gasteiger partial charge in [0.15, 0.2) is 11.5 Å². The van der Waals surface area contributed by atoms with Gasteiger partial charge >= 0.3 is 5.69 Å². The summed E-state index contributed by atoms with van der Waals surface area (Å²) in [7, 11) is 0. The number of carbonyl (C=O) groups excluding carboxylic acids is 1. The van der Waals surface area contributed by atoms with Crippen LogP contribution in [-0.2, 0) is 11.2 Å². The van der Waals surface area contributed by atoms with E-state index in [4.69, 9.17) is 11.6 Å². The lowest BCUT2D eigenvalue weighted by molar-refractivity contribution is -0.385. The van der Waals surface area contributed by atoms with Crippen LogP contribution in [0.25, 0.3) is 6.08 Å². The van der Waals surface area contributed by atoms with Gasteiger partial charge in [0.2, 0.25) is 0 Å². The van der Waals surface area contributed by atoms with Crippen LogP contribution < -0.4 is 0 Å². The maximum atomic E-state index is 11.9. The van der Waals surface area contributed by atoms with Gasteiger partial charge in [0.25, 0.3) is 0 Å². The van der Waals surface area contributed by atoms with Crippen molar-refractivity contribution in [1.29, 1.82) is 0 Å². The second-order valence-corrected chi connectivity index (χ2v) is 5.05. The average molecular weight is 318 g/mol. The van der Waals surface area contributed by atoms with Crippen LogP contribution in [0.4, 0.5) is 5.69 Å². The molecule has 6 heteroatoms. The molecular formula is C16H12ClNO4. The van der Waals surface area contributed by atoms with Crippen molar-refractivity contribution in [2.24, 2.45) is 0 Å². The van der Waals surface area contributed by atoms with Crippen LogP contribution in [0.1, 0.15) is 11.1 Å². The van der Waals surface area contributed by atoms with Crippen LogP contribution in [-0.4, -0.2) is 15.8 Å². The Kier molecular flexibility index (Phi) is 4.91. The number of allylic oxidation sites excluding steroid dienone is 1. The number of ketones is 1. The van der Waals surface area contributed by atoms with E-state index in [1.54, 1.807) is 24.3 Å². The highest BCUT2D eigenvalue weighted by Gasteiger charge is 2.12. The Hall–Kier alpha value is -2.66. The standard InChI is InChI=1S/C16H12ClNO4/c17-13-3-1-2-12(8-13)9-14(19)6-4-11-5-7-15(18(21)22)16(20)10-11/h1-8,10,20H,9H2/b6-4+. The Morgan fingerprint density at radius 2 is 2.05 bits per heavy atom. The molecular weight excluding hydrogens is 306 g/mol. The summed E-state index contributed by atoms with van der Waals surface area (Å²) in [6.45, 7) is 0. The van der Waals surface area contributed by atoms with Gasteiger partial charge in [-0.25, -0.2) is 0 Å². The predicted molar refractivity (Wildman–Crippen MR) is 84.0 cm³/mol. The highest BCUT2D eigenvalue weighted by Crippen LogP contribution is 2.26. The number of hydrogen-bond donors (Lipinski definition) is 1. The molecule has 22 heavy (non-hydrogen) atoms. The molecule has 0 bridgehead atoms. The summed E-state index contributed by atoms with van der Waals surface area (Å²) in [5.74, 6) is -0.574. The maximum Gasteiger partial charge on any atom is 0.310 e. The van der Waals surface area contributed by atoms with Crippen LogP contribution in [0.2, 0.25) is 5.02 Å². The van der Waals surface area contributed by atoms with Gasteiger partial charge in [-0.2, -0.15) is 0 Å². The minimum absolute atomic E-state index is 0.139. The molecule has 112 valence electrons. The lowest BCUT2D eigenvalue weighted by atomic mass is 10.1. The van der Waals surface area contributed by atoms with E-state index in [9.17, 15) is 20.0 Å². The first-order valence-corrected chi connectivity index (χ1v) is 6.76. The fourth-order valence-electron chi connectivity index (χ4n) is 1.89. The minimum atomic E-state index is -0.673. The second-order valence-electron chi connectivity index (χ2n) is 4.61. The largest absolute Gasteiger partial charge is 0.502 e. The number of phenols is 1. The van der Waals surface area contributed by atoms with Crippen LogP contribution in [0.3, 0.4) is 0 Å². The van der Waals surface area contributed by atoms with Gasteiger partial charge in [0.05, 0.1) is 4.92 Å². The van der Waals surface area contributed by atoms with Gasteiger partial charge in [-0.1, -0.05) is 29.8 Å². The van der Waals surface area contributed by atoms with Crippen molar-refractivity contribution in [3.63, 3.8) is 0 Å². The Balaban J connectivity index is 2.06. The monoisotopic (exact) mass is 317 g/mol. The third kappa shape index (κ3) is 4.17. The van der Waals surface area contributed by atoms with E-state index < -0.39 is 10.7 Å². The van der Waals surface area contributed by atoms with Crippen molar-refractivity contribution in [2.45, 2.75) is 6.42 Å². The quantitative estimate of drug-likeness (QED) is 0.517. The number of aromatic hydroxyl groups is 1. The summed E-state index contributed by atoms with van der Waals surface area (Å²) in [6.07, 6.45) is 3.06. The van der Waals surface area contributed by atoms with Gasteiger partial charge in [-0.15, -0.1) is 0 Å². The van der Waals surface area contributed by atoms with Crippen molar-refractivity contribution >= 4 is 29.1 Å². The van der Waals surface area contributed by atoms with Gasteiger partial charge in [-0.05, 0) is 41.5 Å². The van der Waals surface area contributed by atoms with Gasteiger partial charge in [0.1, 0.15) is 0 Å². The molecule has 0 aliphatic rings. The third-order valence-electron chi connectivity index (χ3n) is 2.93. The van der Waals surface area contributed by atoms with Crippen LogP contribution in [0.5, 0.6) is 5.75 Å². The Morgan fingerprint density at radius 3 is 2.68 bits per heavy atom. The zero-order chi connectivity index (χ0) is 16.1. The van der Waals surface area contributed by atoms with Crippen molar-refractivity contribution in [3.8, 4) is 5.75 Å². The van der Waals surface area contributed by atoms with Crippen molar-refractivity contribution < 1.29 is 14.8 Å². The molecule has 0 heterocycles. The maximum absolute atomic E-state index is 11.9. The first-order valence-electron chi connectivity index (χ1n) is 6.38. The first-order chi connectivity index (χ1) is 10.5. The number of benzene rings is 2. The SMILES string of the molecule is O=C(/C=C/c1ccc([N+](=O)[O-])c(O)c1)Cc1cccc(Cl)c1. The molecule has 0 saturated carbocycles. The molecule has 0 radical (unpaired) electrons. The summed E-state index contributed by atoms with van der Waals surface area (Å²) in [6, 6.07) is 10.9. The Bertz CT molecular complexity index is 756. The summed E-state index contributed by atoms with van der Waals surface area (Å²) < 4.78 is 0. The molecule has 0 aliphatic heterocycles. The minimum Gasteiger partial charge on any atom is -0.502 e. The Morgan fingerprint density at radius 1 is 1.27 bits per heavy atom. The molecule has 0 spiro atoms. The number of phenolic OH excluding ortho intramolecular Hbond substituents is 1. The average Bonchev–Trinajstić information content (AvgIpc) is 2.45. The van der Waals surface area contributed by atoms with Crippen molar-refractivity contribution in [2.75, 3.05) is 0 Å². The highest BCUT2D eigenvalue weighted by molar-refractivity contribution is 6.30. The molecule has 2 aromatic rings. The molecule has 0 aliphatic carbocycles. The van der Waals surface area contributed by atoms with Gasteiger partial charge in [-0.3, -0.25) is 14.9 Å². The number of nitro benzene ring substituents is 1. The summed E-state index contributed by atoms with van der Waals surface area (Å²) in [4.78, 5) is 21.8. The summed E-state index contributed by atoms with van der Waals surface area (Å²) >= 11 is 5.85. The molecule has 0 amide bonds. The summed E-state index contributed by atoms with van der Waals surface area (Å²) in [5.41, 5.74) is 0.929. The third-order valence-corrected chi connectivity index (χ3v) is 3.16. The number of nitrogens with zero attached hydrogens (tertiary/aromatic N) is 1. The van der Waals surface area contributed by atoms with E-state index in [1.165, 1.54) is 30.4 Å². The highest BCUT2D eigenvalue weighted by atomic mass is 35.5. The molecule has 2 aromatic carbocycles. The van der Waals surface area contributed by atoms with Gasteiger partial charge < -0.3 is 5.11 Å². The van der Waals surface area contributed by atoms with E-state index >= 15 is 0 Å². The normalized spacial score (nSPS) is 10.8. The molecule has 0 aromatic heterocycles. The molecule has 1 N–H and O–H groups in total. The van der Waals surface area contributed by atoms with Crippen LogP contribution >= 0.6 is 11.6 Å². The molecule has 5 nitrogen and oxygen atoms in total. The second kappa shape index (κ2) is 6.87. The molecule has 0 saturated heterocycles. The molecule has 0 unspecified atom stereocenters. The zero-order valence-corrected chi connectivity index (χ0v) is 12.2. The van der Waals surface area contributed by atoms with Gasteiger partial charge in [0, 0.05) is 17.5 Å². The number of nitro groups is 1. The number of rotatable bonds is 5. The fraction of sp³-hybridized carbons (Fsp3) is 0.0625.